The summed E-state index contributed by atoms with van der Waals surface area (Å²) in [7, 11) is 0. The van der Waals surface area contributed by atoms with Crippen LogP contribution in [0.2, 0.25) is 0 Å². The third-order valence-electron chi connectivity index (χ3n) is 3.31. The Bertz CT molecular complexity index is 302. The van der Waals surface area contributed by atoms with E-state index in [9.17, 15) is 9.59 Å². The molecule has 1 amide bonds. The Balaban J connectivity index is 2.81. The van der Waals surface area contributed by atoms with Crippen molar-refractivity contribution in [3.8, 4) is 0 Å². The number of carbonyl (C=O) groups excluding carboxylic acids is 1. The van der Waals surface area contributed by atoms with Crippen LogP contribution in [0, 0.1) is 0 Å². The Morgan fingerprint density at radius 1 is 1.47 bits per heavy atom. The highest BCUT2D eigenvalue weighted by Crippen LogP contribution is 2.22. The fraction of sp³-hybridized carbons (Fsp3) is 0.833. The van der Waals surface area contributed by atoms with Gasteiger partial charge in [-0.2, -0.15) is 0 Å². The Labute approximate surface area is 102 Å². The average molecular weight is 242 g/mol. The molecule has 17 heavy (non-hydrogen) atoms. The van der Waals surface area contributed by atoms with Gasteiger partial charge in [0.2, 0.25) is 5.91 Å². The number of aliphatic carboxylic acids is 1. The Hall–Kier alpha value is -1.10. The molecule has 5 nitrogen and oxygen atoms in total. The number of carboxylic acid groups (broad SMARTS) is 1. The fourth-order valence-electron chi connectivity index (χ4n) is 2.39. The molecular formula is C12H22N2O3. The Morgan fingerprint density at radius 3 is 2.65 bits per heavy atom. The second-order valence-electron chi connectivity index (χ2n) is 5.02. The third-order valence-corrected chi connectivity index (χ3v) is 3.31. The van der Waals surface area contributed by atoms with E-state index in [2.05, 4.69) is 0 Å². The van der Waals surface area contributed by atoms with E-state index in [4.69, 9.17) is 10.8 Å². The molecule has 1 rings (SSSR count). The van der Waals surface area contributed by atoms with Gasteiger partial charge in [-0.25, -0.2) is 4.79 Å². The highest BCUT2D eigenvalue weighted by molar-refractivity contribution is 5.89. The summed E-state index contributed by atoms with van der Waals surface area (Å²) in [5.41, 5.74) is 5.04. The minimum absolute atomic E-state index is 0.230. The second-order valence-corrected chi connectivity index (χ2v) is 5.02. The van der Waals surface area contributed by atoms with Crippen molar-refractivity contribution in [2.24, 2.45) is 5.73 Å². The van der Waals surface area contributed by atoms with Crippen molar-refractivity contribution in [1.29, 1.82) is 0 Å². The van der Waals surface area contributed by atoms with Crippen LogP contribution in [0.5, 0.6) is 0 Å². The van der Waals surface area contributed by atoms with Crippen LogP contribution in [0.4, 0.5) is 0 Å². The number of hydrogen-bond acceptors (Lipinski definition) is 3. The van der Waals surface area contributed by atoms with E-state index in [0.29, 0.717) is 19.4 Å². The number of carboxylic acids is 1. The number of carbonyl (C=O) groups is 2. The minimum atomic E-state index is -0.945. The standard InChI is InChI=1S/C12H22N2O3/c1-3-7-12(2,13)11(17)14-8-5-4-6-9(14)10(15)16/h9H,3-8,13H2,1-2H3,(H,15,16)/t9-,12?/m1/s1. The molecule has 1 saturated heterocycles. The Morgan fingerprint density at radius 2 is 2.12 bits per heavy atom. The minimum Gasteiger partial charge on any atom is -0.480 e. The van der Waals surface area contributed by atoms with E-state index in [1.807, 2.05) is 6.92 Å². The molecule has 0 bridgehead atoms. The van der Waals surface area contributed by atoms with Crippen LogP contribution in [-0.2, 0) is 9.59 Å². The highest BCUT2D eigenvalue weighted by atomic mass is 16.4. The number of nitrogens with two attached hydrogens (primary N) is 1. The zero-order valence-electron chi connectivity index (χ0n) is 10.6. The van der Waals surface area contributed by atoms with E-state index in [1.165, 1.54) is 4.90 Å². The van der Waals surface area contributed by atoms with E-state index in [-0.39, 0.29) is 5.91 Å². The van der Waals surface area contributed by atoms with Crippen molar-refractivity contribution in [1.82, 2.24) is 4.90 Å². The zero-order valence-corrected chi connectivity index (χ0v) is 10.6. The molecule has 0 aromatic heterocycles. The average Bonchev–Trinajstić information content (AvgIpc) is 2.28. The molecule has 1 aliphatic heterocycles. The molecule has 1 fully saturated rings. The predicted octanol–water partition coefficient (Wildman–Crippen LogP) is 0.970. The first kappa shape index (κ1) is 14.0. The third kappa shape index (κ3) is 3.19. The molecule has 5 heteroatoms. The smallest absolute Gasteiger partial charge is 0.326 e. The number of likely N-dealkylation sites (tertiary alicyclic amines) is 1. The summed E-state index contributed by atoms with van der Waals surface area (Å²) < 4.78 is 0. The van der Waals surface area contributed by atoms with Gasteiger partial charge in [-0.1, -0.05) is 13.3 Å². The number of amides is 1. The van der Waals surface area contributed by atoms with Crippen LogP contribution in [0.1, 0.15) is 46.0 Å². The van der Waals surface area contributed by atoms with Gasteiger partial charge in [0, 0.05) is 6.54 Å². The molecule has 0 saturated carbocycles. The van der Waals surface area contributed by atoms with E-state index in [1.54, 1.807) is 6.92 Å². The highest BCUT2D eigenvalue weighted by Gasteiger charge is 2.39. The SMILES string of the molecule is CCCC(C)(N)C(=O)N1CCCC[C@@H]1C(=O)O. The summed E-state index contributed by atoms with van der Waals surface area (Å²) in [5, 5.41) is 9.12. The van der Waals surface area contributed by atoms with Gasteiger partial charge in [0.1, 0.15) is 6.04 Å². The monoisotopic (exact) mass is 242 g/mol. The van der Waals surface area contributed by atoms with Crippen molar-refractivity contribution >= 4 is 11.9 Å². The van der Waals surface area contributed by atoms with Gasteiger partial charge < -0.3 is 15.7 Å². The maximum absolute atomic E-state index is 12.3. The summed E-state index contributed by atoms with van der Waals surface area (Å²) in [6.45, 7) is 4.15. The molecular weight excluding hydrogens is 220 g/mol. The van der Waals surface area contributed by atoms with Crippen LogP contribution < -0.4 is 5.73 Å². The lowest BCUT2D eigenvalue weighted by molar-refractivity contribution is -0.154. The first-order chi connectivity index (χ1) is 7.90. The number of nitrogens with zero attached hydrogens (tertiary/aromatic N) is 1. The molecule has 0 aromatic rings. The van der Waals surface area contributed by atoms with Crippen molar-refractivity contribution < 1.29 is 14.7 Å². The van der Waals surface area contributed by atoms with E-state index >= 15 is 0 Å². The summed E-state index contributed by atoms with van der Waals surface area (Å²) in [4.78, 5) is 24.8. The van der Waals surface area contributed by atoms with Crippen molar-refractivity contribution in [2.75, 3.05) is 6.54 Å². The van der Waals surface area contributed by atoms with Gasteiger partial charge in [-0.05, 0) is 32.6 Å². The molecule has 0 aromatic carbocycles. The van der Waals surface area contributed by atoms with Crippen LogP contribution in [0.15, 0.2) is 0 Å². The molecule has 0 radical (unpaired) electrons. The lowest BCUT2D eigenvalue weighted by Crippen LogP contribution is -2.58. The predicted molar refractivity (Wildman–Crippen MR) is 64.5 cm³/mol. The topological polar surface area (TPSA) is 83.6 Å². The van der Waals surface area contributed by atoms with Gasteiger partial charge in [-0.15, -0.1) is 0 Å². The summed E-state index contributed by atoms with van der Waals surface area (Å²) in [6, 6.07) is -0.698. The van der Waals surface area contributed by atoms with Crippen LogP contribution in [0.25, 0.3) is 0 Å². The van der Waals surface area contributed by atoms with E-state index < -0.39 is 17.6 Å². The molecule has 1 heterocycles. The zero-order chi connectivity index (χ0) is 13.1. The van der Waals surface area contributed by atoms with Gasteiger partial charge in [-0.3, -0.25) is 4.79 Å². The molecule has 2 atom stereocenters. The second kappa shape index (κ2) is 5.49. The lowest BCUT2D eigenvalue weighted by Gasteiger charge is -2.38. The van der Waals surface area contributed by atoms with Crippen molar-refractivity contribution in [3.63, 3.8) is 0 Å². The molecule has 3 N–H and O–H groups in total. The van der Waals surface area contributed by atoms with Crippen molar-refractivity contribution in [2.45, 2.75) is 57.5 Å². The molecule has 0 spiro atoms. The quantitative estimate of drug-likeness (QED) is 0.769. The van der Waals surface area contributed by atoms with Gasteiger partial charge >= 0.3 is 5.97 Å². The molecule has 0 aliphatic carbocycles. The summed E-state index contributed by atoms with van der Waals surface area (Å²) >= 11 is 0. The van der Waals surface area contributed by atoms with Crippen LogP contribution in [-0.4, -0.2) is 40.0 Å². The van der Waals surface area contributed by atoms with Gasteiger partial charge in [0.25, 0.3) is 0 Å². The largest absolute Gasteiger partial charge is 0.480 e. The number of hydrogen-bond donors (Lipinski definition) is 2. The summed E-state index contributed by atoms with van der Waals surface area (Å²) in [6.07, 6.45) is 3.63. The van der Waals surface area contributed by atoms with E-state index in [0.717, 1.165) is 19.3 Å². The maximum Gasteiger partial charge on any atom is 0.326 e. The lowest BCUT2D eigenvalue weighted by atomic mass is 9.92. The summed E-state index contributed by atoms with van der Waals surface area (Å²) in [5.74, 6) is -1.16. The molecule has 1 unspecified atom stereocenters. The molecule has 1 aliphatic rings. The van der Waals surface area contributed by atoms with Crippen molar-refractivity contribution in [3.05, 3.63) is 0 Å². The number of piperidine rings is 1. The van der Waals surface area contributed by atoms with Gasteiger partial charge in [0.05, 0.1) is 5.54 Å². The fourth-order valence-corrected chi connectivity index (χ4v) is 2.39. The number of rotatable bonds is 4. The Kier molecular flexibility index (Phi) is 4.51. The van der Waals surface area contributed by atoms with Crippen LogP contribution >= 0.6 is 0 Å². The normalized spacial score (nSPS) is 24.2. The first-order valence-corrected chi connectivity index (χ1v) is 6.23. The molecule has 98 valence electrons. The van der Waals surface area contributed by atoms with Crippen LogP contribution in [0.3, 0.4) is 0 Å². The maximum atomic E-state index is 12.3. The first-order valence-electron chi connectivity index (χ1n) is 6.23. The van der Waals surface area contributed by atoms with Gasteiger partial charge in [0.15, 0.2) is 0 Å².